The number of aryl methyl sites for hydroxylation is 1. The molecule has 0 spiro atoms. The summed E-state index contributed by atoms with van der Waals surface area (Å²) >= 11 is 0. The quantitative estimate of drug-likeness (QED) is 0.207. The van der Waals surface area contributed by atoms with E-state index in [4.69, 9.17) is 0 Å². The third-order valence-electron chi connectivity index (χ3n) is 6.44. The van der Waals surface area contributed by atoms with E-state index in [1.165, 1.54) is 4.90 Å². The zero-order chi connectivity index (χ0) is 24.1. The molecule has 170 valence electrons. The number of Topliss-reactive ketones (excluding diaryl/α,β-unsaturated/α-hetero) is 1. The Labute approximate surface area is 201 Å². The number of nitrogens with one attached hydrogen (secondary N) is 1. The number of benzene rings is 4. The molecule has 1 aromatic heterocycles. The van der Waals surface area contributed by atoms with Gasteiger partial charge in [-0.25, -0.2) is 4.98 Å². The third kappa shape index (κ3) is 3.38. The van der Waals surface area contributed by atoms with Crippen LogP contribution in [-0.2, 0) is 9.59 Å². The van der Waals surface area contributed by atoms with Crippen molar-refractivity contribution in [3.05, 3.63) is 113 Å². The first kappa shape index (κ1) is 20.9. The number of hydrogen-bond donors (Lipinski definition) is 2. The maximum absolute atomic E-state index is 13.4. The van der Waals surface area contributed by atoms with Gasteiger partial charge in [0.15, 0.2) is 0 Å². The number of ketones is 1. The lowest BCUT2D eigenvalue weighted by atomic mass is 9.94. The average molecular weight is 460 g/mol. The number of nitrogens with zero attached hydrogens (tertiary/aromatic N) is 2. The van der Waals surface area contributed by atoms with Crippen molar-refractivity contribution < 1.29 is 14.7 Å². The molecule has 1 fully saturated rings. The molecule has 6 rings (SSSR count). The van der Waals surface area contributed by atoms with Gasteiger partial charge in [0.25, 0.3) is 5.78 Å². The highest BCUT2D eigenvalue weighted by molar-refractivity contribution is 6.51. The zero-order valence-corrected chi connectivity index (χ0v) is 18.9. The van der Waals surface area contributed by atoms with Gasteiger partial charge in [0.2, 0.25) is 5.95 Å². The summed E-state index contributed by atoms with van der Waals surface area (Å²) in [7, 11) is 0. The number of aliphatic hydroxyl groups is 1. The first-order chi connectivity index (χ1) is 17.0. The fraction of sp³-hybridized carbons (Fsp3) is 0.0690. The van der Waals surface area contributed by atoms with E-state index < -0.39 is 17.7 Å². The van der Waals surface area contributed by atoms with E-state index in [1.807, 2.05) is 91.9 Å². The lowest BCUT2D eigenvalue weighted by Gasteiger charge is -2.23. The number of carbonyl (C=O) groups is 2. The average Bonchev–Trinajstić information content (AvgIpc) is 3.41. The molecule has 6 heteroatoms. The van der Waals surface area contributed by atoms with Crippen molar-refractivity contribution in [1.29, 1.82) is 0 Å². The lowest BCUT2D eigenvalue weighted by Crippen LogP contribution is -2.30. The SMILES string of the molecule is Cc1ccc2nc(N3C(=O)C(=O)/C(=C(/O)c4ccc5ccccc5c4)C3c3ccccc3)[nH]c2c1. The summed E-state index contributed by atoms with van der Waals surface area (Å²) < 4.78 is 0. The number of aromatic nitrogens is 2. The molecule has 0 aliphatic carbocycles. The minimum Gasteiger partial charge on any atom is -0.507 e. The largest absolute Gasteiger partial charge is 0.507 e. The summed E-state index contributed by atoms with van der Waals surface area (Å²) in [5, 5.41) is 13.3. The maximum Gasteiger partial charge on any atom is 0.302 e. The van der Waals surface area contributed by atoms with E-state index in [0.717, 1.165) is 21.9 Å². The number of fused-ring (bicyclic) bond motifs is 2. The van der Waals surface area contributed by atoms with Crippen molar-refractivity contribution in [2.24, 2.45) is 0 Å². The van der Waals surface area contributed by atoms with E-state index in [-0.39, 0.29) is 17.3 Å². The fourth-order valence-electron chi connectivity index (χ4n) is 4.72. The molecule has 1 aliphatic heterocycles. The molecular weight excluding hydrogens is 438 g/mol. The lowest BCUT2D eigenvalue weighted by molar-refractivity contribution is -0.132. The molecule has 1 atom stereocenters. The van der Waals surface area contributed by atoms with Crippen molar-refractivity contribution in [1.82, 2.24) is 9.97 Å². The van der Waals surface area contributed by atoms with Gasteiger partial charge in [-0.2, -0.15) is 0 Å². The summed E-state index contributed by atoms with van der Waals surface area (Å²) in [6, 6.07) is 27.4. The van der Waals surface area contributed by atoms with E-state index in [9.17, 15) is 14.7 Å². The summed E-state index contributed by atoms with van der Waals surface area (Å²) in [5.74, 6) is -1.44. The van der Waals surface area contributed by atoms with Crippen molar-refractivity contribution in [3.63, 3.8) is 0 Å². The maximum atomic E-state index is 13.4. The van der Waals surface area contributed by atoms with Crippen LogP contribution in [0, 0.1) is 6.92 Å². The third-order valence-corrected chi connectivity index (χ3v) is 6.44. The Bertz CT molecular complexity index is 1670. The Kier molecular flexibility index (Phi) is 4.74. The van der Waals surface area contributed by atoms with Gasteiger partial charge in [-0.15, -0.1) is 0 Å². The number of carbonyl (C=O) groups excluding carboxylic acids is 2. The van der Waals surface area contributed by atoms with Crippen LogP contribution in [0.5, 0.6) is 0 Å². The molecule has 1 saturated heterocycles. The molecule has 35 heavy (non-hydrogen) atoms. The summed E-state index contributed by atoms with van der Waals surface area (Å²) in [4.78, 5) is 35.9. The minimum atomic E-state index is -0.829. The highest BCUT2D eigenvalue weighted by Crippen LogP contribution is 2.41. The number of anilines is 1. The number of aromatic amines is 1. The predicted molar refractivity (Wildman–Crippen MR) is 136 cm³/mol. The summed E-state index contributed by atoms with van der Waals surface area (Å²) in [6.45, 7) is 1.97. The summed E-state index contributed by atoms with van der Waals surface area (Å²) in [6.07, 6.45) is 0. The van der Waals surface area contributed by atoms with E-state index in [0.29, 0.717) is 16.6 Å². The second-order valence-electron chi connectivity index (χ2n) is 8.72. The second-order valence-corrected chi connectivity index (χ2v) is 8.72. The number of imidazole rings is 1. The topological polar surface area (TPSA) is 86.3 Å². The number of H-pyrrole nitrogens is 1. The molecule has 1 aliphatic rings. The molecule has 6 nitrogen and oxygen atoms in total. The number of amides is 1. The van der Waals surface area contributed by atoms with Gasteiger partial charge in [0.05, 0.1) is 22.6 Å². The molecule has 0 saturated carbocycles. The highest BCUT2D eigenvalue weighted by atomic mass is 16.3. The molecule has 4 aromatic carbocycles. The van der Waals surface area contributed by atoms with Crippen LogP contribution < -0.4 is 4.90 Å². The van der Waals surface area contributed by atoms with Crippen LogP contribution >= 0.6 is 0 Å². The standard InChI is InChI=1S/C29H21N3O3/c1-17-11-14-22-23(15-17)31-29(30-22)32-25(19-8-3-2-4-9-19)24(27(34)28(32)35)26(33)21-13-12-18-7-5-6-10-20(18)16-21/h2-16,25,33H,1H3,(H,30,31)/b26-24+. The van der Waals surface area contributed by atoms with Crippen molar-refractivity contribution in [3.8, 4) is 0 Å². The molecule has 0 bridgehead atoms. The van der Waals surface area contributed by atoms with Gasteiger partial charge in [-0.3, -0.25) is 14.5 Å². The van der Waals surface area contributed by atoms with Crippen LogP contribution in [0.4, 0.5) is 5.95 Å². The van der Waals surface area contributed by atoms with Crippen molar-refractivity contribution in [2.75, 3.05) is 4.90 Å². The van der Waals surface area contributed by atoms with Crippen LogP contribution in [0.2, 0.25) is 0 Å². The Balaban J connectivity index is 1.56. The van der Waals surface area contributed by atoms with Crippen LogP contribution in [0.3, 0.4) is 0 Å². The Morgan fingerprint density at radius 2 is 1.63 bits per heavy atom. The van der Waals surface area contributed by atoms with Gasteiger partial charge in [-0.1, -0.05) is 72.8 Å². The molecule has 1 unspecified atom stereocenters. The van der Waals surface area contributed by atoms with E-state index in [2.05, 4.69) is 9.97 Å². The van der Waals surface area contributed by atoms with Crippen molar-refractivity contribution >= 4 is 45.2 Å². The van der Waals surface area contributed by atoms with Crippen LogP contribution in [-0.4, -0.2) is 26.8 Å². The van der Waals surface area contributed by atoms with Gasteiger partial charge >= 0.3 is 5.91 Å². The Morgan fingerprint density at radius 3 is 2.43 bits per heavy atom. The van der Waals surface area contributed by atoms with E-state index >= 15 is 0 Å². The zero-order valence-electron chi connectivity index (χ0n) is 18.9. The molecule has 1 amide bonds. The normalized spacial score (nSPS) is 17.5. The Morgan fingerprint density at radius 1 is 0.886 bits per heavy atom. The Hall–Kier alpha value is -4.71. The van der Waals surface area contributed by atoms with Crippen molar-refractivity contribution in [2.45, 2.75) is 13.0 Å². The van der Waals surface area contributed by atoms with Crippen LogP contribution in [0.1, 0.15) is 22.7 Å². The van der Waals surface area contributed by atoms with Crippen LogP contribution in [0.25, 0.3) is 27.6 Å². The molecule has 2 N–H and O–H groups in total. The second kappa shape index (κ2) is 7.95. The van der Waals surface area contributed by atoms with E-state index in [1.54, 1.807) is 6.07 Å². The highest BCUT2D eigenvalue weighted by Gasteiger charge is 2.48. The minimum absolute atomic E-state index is 0.0353. The van der Waals surface area contributed by atoms with Crippen LogP contribution in [0.15, 0.2) is 96.6 Å². The first-order valence-corrected chi connectivity index (χ1v) is 11.3. The number of aliphatic hydroxyl groups excluding tert-OH is 1. The molecule has 0 radical (unpaired) electrons. The molecule has 2 heterocycles. The smallest absolute Gasteiger partial charge is 0.302 e. The molecule has 5 aromatic rings. The summed E-state index contributed by atoms with van der Waals surface area (Å²) in [5.41, 5.74) is 3.71. The first-order valence-electron chi connectivity index (χ1n) is 11.3. The predicted octanol–water partition coefficient (Wildman–Crippen LogP) is 5.65. The number of rotatable bonds is 3. The monoisotopic (exact) mass is 459 g/mol. The van der Waals surface area contributed by atoms with Gasteiger partial charge in [-0.05, 0) is 47.0 Å². The van der Waals surface area contributed by atoms with Gasteiger partial charge < -0.3 is 10.1 Å². The van der Waals surface area contributed by atoms with Gasteiger partial charge in [0, 0.05) is 5.56 Å². The van der Waals surface area contributed by atoms with Gasteiger partial charge in [0.1, 0.15) is 5.76 Å². The fourth-order valence-corrected chi connectivity index (χ4v) is 4.72. The molecular formula is C29H21N3O3. The number of hydrogen-bond acceptors (Lipinski definition) is 4.